The van der Waals surface area contributed by atoms with Gasteiger partial charge in [-0.3, -0.25) is 0 Å². The van der Waals surface area contributed by atoms with E-state index < -0.39 is 0 Å². The second-order valence-corrected chi connectivity index (χ2v) is 13.3. The number of hydrogen-bond acceptors (Lipinski definition) is 6. The smallest absolute Gasteiger partial charge is 0.204 e. The predicted molar refractivity (Wildman–Crippen MR) is 210 cm³/mol. The maximum Gasteiger partial charge on any atom is 0.204 e. The van der Waals surface area contributed by atoms with Crippen molar-refractivity contribution in [2.45, 2.75) is 6.04 Å². The molecule has 7 aromatic carbocycles. The minimum atomic E-state index is -0.286. The molecular weight excluding hydrogens is 641 g/mol. The Bertz CT molecular complexity index is 2930. The number of nitrogens with one attached hydrogen (secondary N) is 1. The van der Waals surface area contributed by atoms with Crippen LogP contribution < -0.4 is 5.32 Å². The lowest BCUT2D eigenvalue weighted by molar-refractivity contribution is 0.359. The number of anilines is 1. The molecule has 0 radical (unpaired) electrons. The Hall–Kier alpha value is -7.10. The lowest BCUT2D eigenvalue weighted by Crippen LogP contribution is -2.38. The quantitative estimate of drug-likeness (QED) is 0.202. The molecule has 9 aromatic rings. The third kappa shape index (κ3) is 4.83. The van der Waals surface area contributed by atoms with Gasteiger partial charge in [-0.15, -0.1) is 0 Å². The molecule has 0 saturated heterocycles. The van der Waals surface area contributed by atoms with E-state index in [4.69, 9.17) is 13.8 Å². The fourth-order valence-electron chi connectivity index (χ4n) is 7.53. The monoisotopic (exact) mass is 670 g/mol. The summed E-state index contributed by atoms with van der Waals surface area (Å²) in [5.41, 5.74) is 10.1. The average molecular weight is 671 g/mol. The Kier molecular flexibility index (Phi) is 6.73. The molecule has 1 aliphatic heterocycles. The Morgan fingerprint density at radius 2 is 1.37 bits per heavy atom. The highest BCUT2D eigenvalue weighted by atomic mass is 16.3. The zero-order chi connectivity index (χ0) is 34.8. The predicted octanol–water partition coefficient (Wildman–Crippen LogP) is 11.8. The van der Waals surface area contributed by atoms with Crippen LogP contribution in [0, 0.1) is 11.3 Å². The maximum atomic E-state index is 9.31. The first-order chi connectivity index (χ1) is 25.6. The normalized spacial score (nSPS) is 14.1. The van der Waals surface area contributed by atoms with Gasteiger partial charge in [-0.25, -0.2) is 4.99 Å². The second-order valence-electron chi connectivity index (χ2n) is 13.3. The number of fused-ring (bicyclic) bond motifs is 7. The second kappa shape index (κ2) is 11.8. The molecule has 1 N–H and O–H groups in total. The third-order valence-corrected chi connectivity index (χ3v) is 10.2. The molecule has 0 amide bonds. The minimum absolute atomic E-state index is 0.286. The molecule has 0 saturated carbocycles. The molecule has 246 valence electrons. The van der Waals surface area contributed by atoms with Crippen molar-refractivity contribution in [3.63, 3.8) is 0 Å². The third-order valence-electron chi connectivity index (χ3n) is 10.2. The molecule has 1 atom stereocenters. The van der Waals surface area contributed by atoms with E-state index in [1.807, 2.05) is 42.5 Å². The van der Waals surface area contributed by atoms with Crippen molar-refractivity contribution in [3.8, 4) is 28.3 Å². The number of aliphatic imine (C=N–C) groups is 1. The van der Waals surface area contributed by atoms with Gasteiger partial charge in [-0.1, -0.05) is 97.1 Å². The molecule has 6 nitrogen and oxygen atoms in total. The van der Waals surface area contributed by atoms with Crippen LogP contribution in [-0.2, 0) is 0 Å². The fraction of sp³-hybridized carbons (Fsp3) is 0.0435. The van der Waals surface area contributed by atoms with Crippen LogP contribution in [0.2, 0.25) is 0 Å². The van der Waals surface area contributed by atoms with Gasteiger partial charge in [0, 0.05) is 34.5 Å². The minimum Gasteiger partial charge on any atom is -0.456 e. The number of nitrogens with zero attached hydrogens (tertiary/aromatic N) is 3. The van der Waals surface area contributed by atoms with Crippen molar-refractivity contribution in [3.05, 3.63) is 169 Å². The van der Waals surface area contributed by atoms with Crippen LogP contribution in [-0.4, -0.2) is 17.9 Å². The van der Waals surface area contributed by atoms with Gasteiger partial charge < -0.3 is 19.1 Å². The lowest BCUT2D eigenvalue weighted by atomic mass is 9.97. The molecule has 0 bridgehead atoms. The molecule has 6 heteroatoms. The topological polar surface area (TPSA) is 77.7 Å². The summed E-state index contributed by atoms with van der Waals surface area (Å²) in [5.74, 6) is 1.48. The fourth-order valence-corrected chi connectivity index (χ4v) is 7.53. The van der Waals surface area contributed by atoms with E-state index in [-0.39, 0.29) is 6.04 Å². The highest BCUT2D eigenvalue weighted by Crippen LogP contribution is 2.47. The molecule has 0 fully saturated rings. The highest BCUT2D eigenvalue weighted by molar-refractivity contribution is 6.07. The van der Waals surface area contributed by atoms with Crippen molar-refractivity contribution < 1.29 is 8.83 Å². The summed E-state index contributed by atoms with van der Waals surface area (Å²) in [6, 6.07) is 53.7. The first kappa shape index (κ1) is 29.8. The van der Waals surface area contributed by atoms with Crippen LogP contribution in [0.3, 0.4) is 0 Å². The van der Waals surface area contributed by atoms with Gasteiger partial charge in [0.05, 0.1) is 11.6 Å². The van der Waals surface area contributed by atoms with E-state index >= 15 is 0 Å². The van der Waals surface area contributed by atoms with Crippen LogP contribution in [0.4, 0.5) is 11.4 Å². The van der Waals surface area contributed by atoms with E-state index in [0.717, 1.165) is 77.9 Å². The number of nitriles is 1. The number of benzene rings is 7. The van der Waals surface area contributed by atoms with Crippen molar-refractivity contribution >= 4 is 61.0 Å². The van der Waals surface area contributed by atoms with Crippen LogP contribution in [0.5, 0.6) is 0 Å². The van der Waals surface area contributed by atoms with E-state index in [0.29, 0.717) is 11.5 Å². The number of rotatable bonds is 4. The van der Waals surface area contributed by atoms with Gasteiger partial charge in [0.25, 0.3) is 0 Å². The van der Waals surface area contributed by atoms with Crippen LogP contribution in [0.1, 0.15) is 22.9 Å². The average Bonchev–Trinajstić information content (AvgIpc) is 3.75. The summed E-state index contributed by atoms with van der Waals surface area (Å²) in [5, 5.41) is 18.5. The van der Waals surface area contributed by atoms with E-state index in [1.165, 1.54) is 10.8 Å². The summed E-state index contributed by atoms with van der Waals surface area (Å²) in [4.78, 5) is 7.44. The number of furan rings is 2. The summed E-state index contributed by atoms with van der Waals surface area (Å²) in [6.45, 7) is 0. The van der Waals surface area contributed by atoms with Crippen molar-refractivity contribution in [1.29, 1.82) is 5.26 Å². The van der Waals surface area contributed by atoms with Crippen LogP contribution >= 0.6 is 0 Å². The van der Waals surface area contributed by atoms with Crippen LogP contribution in [0.25, 0.3) is 65.9 Å². The van der Waals surface area contributed by atoms with Crippen molar-refractivity contribution in [2.75, 3.05) is 12.4 Å². The van der Waals surface area contributed by atoms with Gasteiger partial charge in [0.15, 0.2) is 5.76 Å². The van der Waals surface area contributed by atoms with Gasteiger partial charge in [-0.2, -0.15) is 5.26 Å². The van der Waals surface area contributed by atoms with Crippen molar-refractivity contribution in [2.24, 2.45) is 4.99 Å². The zero-order valence-corrected chi connectivity index (χ0v) is 28.2. The van der Waals surface area contributed by atoms with E-state index in [9.17, 15) is 5.26 Å². The van der Waals surface area contributed by atoms with Gasteiger partial charge in [0.1, 0.15) is 28.5 Å². The summed E-state index contributed by atoms with van der Waals surface area (Å²) in [7, 11) is 2.06. The number of guanidine groups is 1. The molecule has 1 unspecified atom stereocenters. The molecule has 0 aliphatic carbocycles. The largest absolute Gasteiger partial charge is 0.456 e. The number of hydrogen-bond donors (Lipinski definition) is 1. The van der Waals surface area contributed by atoms with Crippen molar-refractivity contribution in [1.82, 2.24) is 4.90 Å². The first-order valence-corrected chi connectivity index (χ1v) is 17.3. The number of para-hydroxylation sites is 2. The molecule has 3 heterocycles. The van der Waals surface area contributed by atoms with E-state index in [1.54, 1.807) is 0 Å². The van der Waals surface area contributed by atoms with Crippen LogP contribution in [0.15, 0.2) is 165 Å². The summed E-state index contributed by atoms with van der Waals surface area (Å²) >= 11 is 0. The molecule has 2 aromatic heterocycles. The molecular formula is C46H30N4O2. The Morgan fingerprint density at radius 1 is 0.615 bits per heavy atom. The Morgan fingerprint density at radius 3 is 2.25 bits per heavy atom. The Labute approximate surface area is 299 Å². The first-order valence-electron chi connectivity index (χ1n) is 17.3. The Balaban J connectivity index is 1.12. The molecule has 1 aliphatic rings. The molecule has 0 spiro atoms. The van der Waals surface area contributed by atoms with Gasteiger partial charge >= 0.3 is 0 Å². The summed E-state index contributed by atoms with van der Waals surface area (Å²) in [6.07, 6.45) is 0. The maximum absolute atomic E-state index is 9.31. The molecule has 52 heavy (non-hydrogen) atoms. The highest BCUT2D eigenvalue weighted by Gasteiger charge is 2.35. The van der Waals surface area contributed by atoms with E-state index in [2.05, 4.69) is 133 Å². The SMILES string of the molecule is CN1C(Nc2ccccc2-c2ccc3ccccc3c2)=Nc2c(oc3cc(-c4ccc(C#N)cc4)ccc23)C1c1ccc2oc3ccccc3c2c1. The lowest BCUT2D eigenvalue weighted by Gasteiger charge is -2.34. The zero-order valence-electron chi connectivity index (χ0n) is 28.2. The van der Waals surface area contributed by atoms with Gasteiger partial charge in [-0.05, 0) is 87.6 Å². The standard InChI is InChI=1S/C46H30N4O2/c1-50-44(34-21-23-41-38(25-34)36-11-5-7-13-40(36)51-41)45-43(37-22-20-32(26-42(37)52-45)30-16-14-28(27-47)15-17-30)49-46(50)48-39-12-6-4-10-35(39)33-19-18-29-8-2-3-9-31(29)24-33/h2-26,44H,1H3,(H,48,49). The molecule has 10 rings (SSSR count). The van der Waals surface area contributed by atoms with Gasteiger partial charge in [0.2, 0.25) is 5.96 Å². The summed E-state index contributed by atoms with van der Waals surface area (Å²) < 4.78 is 13.0.